The smallest absolute Gasteiger partial charge is 0.215 e. The van der Waals surface area contributed by atoms with E-state index in [-0.39, 0.29) is 0 Å². The number of nitrogens with one attached hydrogen (secondary N) is 2. The molecule has 0 spiro atoms. The van der Waals surface area contributed by atoms with Gasteiger partial charge in [-0.25, -0.2) is 10.8 Å². The van der Waals surface area contributed by atoms with Crippen molar-refractivity contribution in [1.82, 2.24) is 9.97 Å². The third-order valence-corrected chi connectivity index (χ3v) is 1.90. The Kier molecular flexibility index (Phi) is 2.24. The number of ether oxygens (including phenoxy) is 1. The summed E-state index contributed by atoms with van der Waals surface area (Å²) in [7, 11) is 0. The largest absolute Gasteiger partial charge is 0.494 e. The molecule has 5 heteroatoms. The molecule has 1 aromatic carbocycles. The lowest BCUT2D eigenvalue weighted by atomic mass is 10.3. The molecule has 14 heavy (non-hydrogen) atoms. The zero-order valence-corrected chi connectivity index (χ0v) is 7.87. The summed E-state index contributed by atoms with van der Waals surface area (Å²) in [5.74, 6) is 6.61. The lowest BCUT2D eigenvalue weighted by molar-refractivity contribution is 0.340. The van der Waals surface area contributed by atoms with Crippen LogP contribution in [0.1, 0.15) is 6.92 Å². The molecular formula is C9H12N4O. The van der Waals surface area contributed by atoms with E-state index >= 15 is 0 Å². The number of hydrogen-bond donors (Lipinski definition) is 3. The fourth-order valence-corrected chi connectivity index (χ4v) is 1.31. The standard InChI is InChI=1S/C9H12N4O/c1-2-14-6-3-4-7-8(5-6)12-9(11-7)13-10/h3-5H,2,10H2,1H3,(H2,11,12,13). The summed E-state index contributed by atoms with van der Waals surface area (Å²) in [4.78, 5) is 7.20. The molecule has 0 radical (unpaired) electrons. The van der Waals surface area contributed by atoms with Crippen LogP contribution in [0.3, 0.4) is 0 Å². The number of hydrogen-bond acceptors (Lipinski definition) is 4. The van der Waals surface area contributed by atoms with Crippen LogP contribution < -0.4 is 16.0 Å². The number of nitrogens with two attached hydrogens (primary N) is 1. The molecule has 0 unspecified atom stereocenters. The molecule has 0 fully saturated rings. The third kappa shape index (κ3) is 1.49. The average molecular weight is 192 g/mol. The number of aromatic amines is 1. The molecule has 2 aromatic rings. The van der Waals surface area contributed by atoms with Crippen LogP contribution in [0.4, 0.5) is 5.95 Å². The molecule has 0 aliphatic carbocycles. The van der Waals surface area contributed by atoms with Gasteiger partial charge < -0.3 is 9.72 Å². The molecule has 0 aliphatic rings. The van der Waals surface area contributed by atoms with Crippen LogP contribution in [0.15, 0.2) is 18.2 Å². The van der Waals surface area contributed by atoms with Gasteiger partial charge in [0.25, 0.3) is 0 Å². The number of rotatable bonds is 3. The number of H-pyrrole nitrogens is 1. The predicted molar refractivity (Wildman–Crippen MR) is 55.1 cm³/mol. The third-order valence-electron chi connectivity index (χ3n) is 1.90. The zero-order chi connectivity index (χ0) is 9.97. The molecule has 0 amide bonds. The van der Waals surface area contributed by atoms with Crippen molar-refractivity contribution in [3.05, 3.63) is 18.2 Å². The van der Waals surface area contributed by atoms with Crippen LogP contribution in [0.5, 0.6) is 5.75 Å². The summed E-state index contributed by atoms with van der Waals surface area (Å²) in [6.45, 7) is 2.60. The molecule has 2 rings (SSSR count). The summed E-state index contributed by atoms with van der Waals surface area (Å²) in [5.41, 5.74) is 4.23. The van der Waals surface area contributed by atoms with E-state index in [1.54, 1.807) is 0 Å². The number of nitrogens with zero attached hydrogens (tertiary/aromatic N) is 1. The second-order valence-corrected chi connectivity index (χ2v) is 2.84. The summed E-state index contributed by atoms with van der Waals surface area (Å²) in [6, 6.07) is 5.66. The molecule has 0 aliphatic heterocycles. The molecule has 74 valence electrons. The second kappa shape index (κ2) is 3.55. The van der Waals surface area contributed by atoms with E-state index in [4.69, 9.17) is 10.6 Å². The number of fused-ring (bicyclic) bond motifs is 1. The number of benzene rings is 1. The van der Waals surface area contributed by atoms with Crippen LogP contribution in [-0.2, 0) is 0 Å². The van der Waals surface area contributed by atoms with Crippen molar-refractivity contribution in [2.45, 2.75) is 6.92 Å². The van der Waals surface area contributed by atoms with E-state index in [1.807, 2.05) is 25.1 Å². The number of hydrazine groups is 1. The predicted octanol–water partition coefficient (Wildman–Crippen LogP) is 1.25. The second-order valence-electron chi connectivity index (χ2n) is 2.84. The van der Waals surface area contributed by atoms with Crippen molar-refractivity contribution in [2.24, 2.45) is 5.84 Å². The lowest BCUT2D eigenvalue weighted by Gasteiger charge is -2.00. The monoisotopic (exact) mass is 192 g/mol. The van der Waals surface area contributed by atoms with E-state index in [9.17, 15) is 0 Å². The highest BCUT2D eigenvalue weighted by molar-refractivity contribution is 5.78. The first-order chi connectivity index (χ1) is 6.83. The van der Waals surface area contributed by atoms with Crippen molar-refractivity contribution >= 4 is 17.0 Å². The van der Waals surface area contributed by atoms with Crippen LogP contribution in [0.2, 0.25) is 0 Å². The molecule has 0 atom stereocenters. The first-order valence-corrected chi connectivity index (χ1v) is 4.42. The Hall–Kier alpha value is -1.75. The van der Waals surface area contributed by atoms with Gasteiger partial charge in [-0.3, -0.25) is 5.43 Å². The van der Waals surface area contributed by atoms with Crippen molar-refractivity contribution in [2.75, 3.05) is 12.0 Å². The topological polar surface area (TPSA) is 76.0 Å². The van der Waals surface area contributed by atoms with Crippen molar-refractivity contribution in [1.29, 1.82) is 0 Å². The molecular weight excluding hydrogens is 180 g/mol. The van der Waals surface area contributed by atoms with Gasteiger partial charge in [0.1, 0.15) is 5.75 Å². The van der Waals surface area contributed by atoms with Gasteiger partial charge in [0, 0.05) is 6.07 Å². The van der Waals surface area contributed by atoms with Gasteiger partial charge in [-0.15, -0.1) is 0 Å². The minimum Gasteiger partial charge on any atom is -0.494 e. The number of aromatic nitrogens is 2. The Labute approximate surface area is 81.2 Å². The highest BCUT2D eigenvalue weighted by Crippen LogP contribution is 2.20. The van der Waals surface area contributed by atoms with E-state index in [0.717, 1.165) is 16.8 Å². The maximum Gasteiger partial charge on any atom is 0.215 e. The Morgan fingerprint density at radius 1 is 1.57 bits per heavy atom. The molecule has 4 N–H and O–H groups in total. The molecule has 0 saturated carbocycles. The van der Waals surface area contributed by atoms with Crippen molar-refractivity contribution in [3.63, 3.8) is 0 Å². The van der Waals surface area contributed by atoms with E-state index in [0.29, 0.717) is 12.6 Å². The molecule has 5 nitrogen and oxygen atoms in total. The quantitative estimate of drug-likeness (QED) is 0.505. The number of imidazole rings is 1. The fourth-order valence-electron chi connectivity index (χ4n) is 1.31. The van der Waals surface area contributed by atoms with Gasteiger partial charge >= 0.3 is 0 Å². The Bertz CT molecular complexity index is 437. The molecule has 1 aromatic heterocycles. The molecule has 0 bridgehead atoms. The van der Waals surface area contributed by atoms with Crippen LogP contribution in [-0.4, -0.2) is 16.6 Å². The SMILES string of the molecule is CCOc1ccc2nc(NN)[nH]c2c1. The maximum absolute atomic E-state index is 5.36. The first-order valence-electron chi connectivity index (χ1n) is 4.42. The van der Waals surface area contributed by atoms with Crippen molar-refractivity contribution < 1.29 is 4.74 Å². The highest BCUT2D eigenvalue weighted by atomic mass is 16.5. The van der Waals surface area contributed by atoms with Gasteiger partial charge in [0.05, 0.1) is 17.6 Å². The van der Waals surface area contributed by atoms with Crippen LogP contribution >= 0.6 is 0 Å². The summed E-state index contributed by atoms with van der Waals surface area (Å²) < 4.78 is 5.36. The minimum atomic E-state index is 0.550. The van der Waals surface area contributed by atoms with Crippen molar-refractivity contribution in [3.8, 4) is 5.75 Å². The Morgan fingerprint density at radius 2 is 2.43 bits per heavy atom. The van der Waals surface area contributed by atoms with Gasteiger partial charge in [0.2, 0.25) is 5.95 Å². The fraction of sp³-hybridized carbons (Fsp3) is 0.222. The zero-order valence-electron chi connectivity index (χ0n) is 7.87. The maximum atomic E-state index is 5.36. The Morgan fingerprint density at radius 3 is 3.14 bits per heavy atom. The van der Waals surface area contributed by atoms with Gasteiger partial charge in [-0.2, -0.15) is 0 Å². The molecule has 0 saturated heterocycles. The average Bonchev–Trinajstić information content (AvgIpc) is 2.60. The van der Waals surface area contributed by atoms with Gasteiger partial charge in [-0.1, -0.05) is 0 Å². The number of nitrogen functional groups attached to an aromatic ring is 1. The summed E-state index contributed by atoms with van der Waals surface area (Å²) in [5, 5.41) is 0. The van der Waals surface area contributed by atoms with Gasteiger partial charge in [-0.05, 0) is 19.1 Å². The van der Waals surface area contributed by atoms with Gasteiger partial charge in [0.15, 0.2) is 0 Å². The van der Waals surface area contributed by atoms with E-state index in [2.05, 4.69) is 15.4 Å². The van der Waals surface area contributed by atoms with E-state index in [1.165, 1.54) is 0 Å². The lowest BCUT2D eigenvalue weighted by Crippen LogP contribution is -2.07. The summed E-state index contributed by atoms with van der Waals surface area (Å²) in [6.07, 6.45) is 0. The van der Waals surface area contributed by atoms with Crippen LogP contribution in [0, 0.1) is 0 Å². The highest BCUT2D eigenvalue weighted by Gasteiger charge is 2.02. The normalized spacial score (nSPS) is 10.4. The van der Waals surface area contributed by atoms with Crippen LogP contribution in [0.25, 0.3) is 11.0 Å². The van der Waals surface area contributed by atoms with E-state index < -0.39 is 0 Å². The first kappa shape index (κ1) is 8.83. The molecule has 1 heterocycles. The Balaban J connectivity index is 2.43. The summed E-state index contributed by atoms with van der Waals surface area (Å²) >= 11 is 0. The minimum absolute atomic E-state index is 0.550. The number of anilines is 1.